The van der Waals surface area contributed by atoms with Gasteiger partial charge in [0.15, 0.2) is 0 Å². The van der Waals surface area contributed by atoms with Crippen molar-refractivity contribution in [2.75, 3.05) is 18.0 Å². The molecule has 0 radical (unpaired) electrons. The Hall–Kier alpha value is -0.690. The Morgan fingerprint density at radius 2 is 2.40 bits per heavy atom. The van der Waals surface area contributed by atoms with Gasteiger partial charge in [-0.2, -0.15) is 0 Å². The third-order valence-corrected chi connectivity index (χ3v) is 3.02. The summed E-state index contributed by atoms with van der Waals surface area (Å²) >= 11 is 2.15. The van der Waals surface area contributed by atoms with Gasteiger partial charge < -0.3 is 10.2 Å². The Kier molecular flexibility index (Phi) is 3.20. The van der Waals surface area contributed by atoms with E-state index < -0.39 is 0 Å². The SMILES string of the molecule is CC1CN(c2ccc(I)nc2)C(=O)CN1. The molecule has 1 aliphatic rings. The minimum Gasteiger partial charge on any atom is -0.308 e. The first-order chi connectivity index (χ1) is 7.16. The smallest absolute Gasteiger partial charge is 0.241 e. The Balaban J connectivity index is 2.21. The molecular formula is C10H12IN3O. The van der Waals surface area contributed by atoms with Gasteiger partial charge in [-0.25, -0.2) is 4.98 Å². The van der Waals surface area contributed by atoms with Crippen LogP contribution in [0.2, 0.25) is 0 Å². The van der Waals surface area contributed by atoms with E-state index in [-0.39, 0.29) is 5.91 Å². The van der Waals surface area contributed by atoms with Gasteiger partial charge in [0.05, 0.1) is 18.4 Å². The Morgan fingerprint density at radius 1 is 1.60 bits per heavy atom. The highest BCUT2D eigenvalue weighted by Crippen LogP contribution is 2.16. The predicted octanol–water partition coefficient (Wildman–Crippen LogP) is 1.01. The van der Waals surface area contributed by atoms with Crippen molar-refractivity contribution in [2.45, 2.75) is 13.0 Å². The number of nitrogens with one attached hydrogen (secondary N) is 1. The Morgan fingerprint density at radius 3 is 3.07 bits per heavy atom. The number of anilines is 1. The molecule has 4 nitrogen and oxygen atoms in total. The summed E-state index contributed by atoms with van der Waals surface area (Å²) in [5, 5.41) is 3.13. The van der Waals surface area contributed by atoms with E-state index in [2.05, 4.69) is 39.8 Å². The van der Waals surface area contributed by atoms with E-state index in [1.165, 1.54) is 0 Å². The molecule has 1 atom stereocenters. The number of amides is 1. The molecule has 1 N–H and O–H groups in total. The molecule has 15 heavy (non-hydrogen) atoms. The minimum atomic E-state index is 0.108. The van der Waals surface area contributed by atoms with E-state index in [0.29, 0.717) is 19.1 Å². The summed E-state index contributed by atoms with van der Waals surface area (Å²) in [7, 11) is 0. The molecular weight excluding hydrogens is 305 g/mol. The topological polar surface area (TPSA) is 45.2 Å². The normalized spacial score (nSPS) is 21.9. The molecule has 1 amide bonds. The van der Waals surface area contributed by atoms with E-state index in [9.17, 15) is 4.79 Å². The molecule has 2 rings (SSSR count). The van der Waals surface area contributed by atoms with Crippen LogP contribution in [-0.2, 0) is 4.79 Å². The second kappa shape index (κ2) is 4.44. The largest absolute Gasteiger partial charge is 0.308 e. The van der Waals surface area contributed by atoms with Gasteiger partial charge in [-0.05, 0) is 41.6 Å². The third-order valence-electron chi connectivity index (χ3n) is 2.38. The van der Waals surface area contributed by atoms with Gasteiger partial charge in [-0.3, -0.25) is 4.79 Å². The van der Waals surface area contributed by atoms with Crippen LogP contribution in [0, 0.1) is 3.70 Å². The summed E-state index contributed by atoms with van der Waals surface area (Å²) in [5.74, 6) is 0.108. The minimum absolute atomic E-state index is 0.108. The maximum atomic E-state index is 11.7. The van der Waals surface area contributed by atoms with Crippen LogP contribution in [0.1, 0.15) is 6.92 Å². The number of pyridine rings is 1. The van der Waals surface area contributed by atoms with Crippen molar-refractivity contribution in [3.05, 3.63) is 22.0 Å². The number of carbonyl (C=O) groups excluding carboxylic acids is 1. The van der Waals surface area contributed by atoms with Crippen molar-refractivity contribution in [1.29, 1.82) is 0 Å². The molecule has 0 aliphatic carbocycles. The maximum Gasteiger partial charge on any atom is 0.241 e. The van der Waals surface area contributed by atoms with Crippen LogP contribution in [-0.4, -0.2) is 30.0 Å². The van der Waals surface area contributed by atoms with Crippen LogP contribution in [0.15, 0.2) is 18.3 Å². The van der Waals surface area contributed by atoms with Gasteiger partial charge in [0, 0.05) is 12.6 Å². The van der Waals surface area contributed by atoms with Crippen LogP contribution < -0.4 is 10.2 Å². The van der Waals surface area contributed by atoms with E-state index in [1.54, 1.807) is 11.1 Å². The zero-order valence-corrected chi connectivity index (χ0v) is 10.6. The lowest BCUT2D eigenvalue weighted by atomic mass is 10.2. The lowest BCUT2D eigenvalue weighted by Crippen LogP contribution is -2.53. The first-order valence-electron chi connectivity index (χ1n) is 4.82. The summed E-state index contributed by atoms with van der Waals surface area (Å²) in [4.78, 5) is 17.6. The van der Waals surface area contributed by atoms with Crippen LogP contribution >= 0.6 is 22.6 Å². The fraction of sp³-hybridized carbons (Fsp3) is 0.400. The monoisotopic (exact) mass is 317 g/mol. The third kappa shape index (κ3) is 2.46. The van der Waals surface area contributed by atoms with Crippen LogP contribution in [0.3, 0.4) is 0 Å². The van der Waals surface area contributed by atoms with E-state index in [0.717, 1.165) is 9.39 Å². The van der Waals surface area contributed by atoms with E-state index in [4.69, 9.17) is 0 Å². The van der Waals surface area contributed by atoms with E-state index in [1.807, 2.05) is 12.1 Å². The van der Waals surface area contributed by atoms with Gasteiger partial charge in [0.25, 0.3) is 0 Å². The van der Waals surface area contributed by atoms with Crippen molar-refractivity contribution in [2.24, 2.45) is 0 Å². The van der Waals surface area contributed by atoms with Crippen LogP contribution in [0.25, 0.3) is 0 Å². The predicted molar refractivity (Wildman–Crippen MR) is 66.8 cm³/mol. The summed E-state index contributed by atoms with van der Waals surface area (Å²) in [6.07, 6.45) is 1.75. The van der Waals surface area contributed by atoms with Gasteiger partial charge in [0.2, 0.25) is 5.91 Å². The molecule has 0 saturated carbocycles. The number of halogens is 1. The second-order valence-corrected chi connectivity index (χ2v) is 4.73. The van der Waals surface area contributed by atoms with E-state index >= 15 is 0 Å². The number of nitrogens with zero attached hydrogens (tertiary/aromatic N) is 2. The molecule has 1 saturated heterocycles. The van der Waals surface area contributed by atoms with Crippen molar-refractivity contribution < 1.29 is 4.79 Å². The van der Waals surface area contributed by atoms with Gasteiger partial charge in [0.1, 0.15) is 3.70 Å². The van der Waals surface area contributed by atoms with Gasteiger partial charge >= 0.3 is 0 Å². The van der Waals surface area contributed by atoms with Crippen molar-refractivity contribution in [3.63, 3.8) is 0 Å². The number of aromatic nitrogens is 1. The molecule has 1 fully saturated rings. The summed E-state index contributed by atoms with van der Waals surface area (Å²) in [5.41, 5.74) is 0.883. The number of carbonyl (C=O) groups is 1. The zero-order chi connectivity index (χ0) is 10.8. The second-order valence-electron chi connectivity index (χ2n) is 3.63. The number of rotatable bonds is 1. The number of hydrogen-bond acceptors (Lipinski definition) is 3. The highest BCUT2D eigenvalue weighted by atomic mass is 127. The molecule has 2 heterocycles. The van der Waals surface area contributed by atoms with Crippen LogP contribution in [0.5, 0.6) is 0 Å². The van der Waals surface area contributed by atoms with Crippen molar-refractivity contribution in [3.8, 4) is 0 Å². The first-order valence-corrected chi connectivity index (χ1v) is 5.90. The van der Waals surface area contributed by atoms with Crippen LogP contribution in [0.4, 0.5) is 5.69 Å². The lowest BCUT2D eigenvalue weighted by molar-refractivity contribution is -0.118. The van der Waals surface area contributed by atoms with Crippen molar-refractivity contribution in [1.82, 2.24) is 10.3 Å². The Labute approximate surface area is 102 Å². The molecule has 0 spiro atoms. The zero-order valence-electron chi connectivity index (χ0n) is 8.40. The first kappa shape index (κ1) is 10.8. The molecule has 1 aromatic heterocycles. The molecule has 80 valence electrons. The summed E-state index contributed by atoms with van der Waals surface area (Å²) in [6, 6.07) is 4.18. The van der Waals surface area contributed by atoms with Crippen molar-refractivity contribution >= 4 is 34.2 Å². The highest BCUT2D eigenvalue weighted by molar-refractivity contribution is 14.1. The Bertz CT molecular complexity index is 365. The molecule has 0 bridgehead atoms. The standard InChI is InChI=1S/C10H12IN3O/c1-7-6-14(10(15)5-12-7)8-2-3-9(11)13-4-8/h2-4,7,12H,5-6H2,1H3. The molecule has 5 heteroatoms. The van der Waals surface area contributed by atoms with Gasteiger partial charge in [-0.15, -0.1) is 0 Å². The highest BCUT2D eigenvalue weighted by Gasteiger charge is 2.23. The average Bonchev–Trinajstić information content (AvgIpc) is 2.23. The fourth-order valence-electron chi connectivity index (χ4n) is 1.57. The molecule has 0 aromatic carbocycles. The molecule has 1 aliphatic heterocycles. The molecule has 1 unspecified atom stereocenters. The summed E-state index contributed by atoms with van der Waals surface area (Å²) in [6.45, 7) is 3.19. The van der Waals surface area contributed by atoms with Gasteiger partial charge in [-0.1, -0.05) is 0 Å². The quantitative estimate of drug-likeness (QED) is 0.621. The average molecular weight is 317 g/mol. The molecule has 1 aromatic rings. The maximum absolute atomic E-state index is 11.7. The number of piperazine rings is 1. The number of hydrogen-bond donors (Lipinski definition) is 1. The summed E-state index contributed by atoms with van der Waals surface area (Å²) < 4.78 is 0.937. The lowest BCUT2D eigenvalue weighted by Gasteiger charge is -2.31. The fourth-order valence-corrected chi connectivity index (χ4v) is 1.89.